The summed E-state index contributed by atoms with van der Waals surface area (Å²) >= 11 is 0. The number of rotatable bonds is 8. The minimum atomic E-state index is -0.800. The SMILES string of the molecule is COCCN1C(=O)N(Cc2ccccc2)C2(CCN(Cc3cnn(-c4ccccc4)c3)CC2)C1=O. The smallest absolute Gasteiger partial charge is 0.328 e. The summed E-state index contributed by atoms with van der Waals surface area (Å²) in [7, 11) is 1.58. The van der Waals surface area contributed by atoms with Gasteiger partial charge in [-0.3, -0.25) is 14.6 Å². The third kappa shape index (κ3) is 4.59. The number of ether oxygens (including phenoxy) is 1. The summed E-state index contributed by atoms with van der Waals surface area (Å²) in [5, 5.41) is 4.51. The van der Waals surface area contributed by atoms with Crippen LogP contribution in [0.1, 0.15) is 24.0 Å². The largest absolute Gasteiger partial charge is 0.383 e. The molecule has 1 spiro atoms. The lowest BCUT2D eigenvalue weighted by Gasteiger charge is -2.42. The van der Waals surface area contributed by atoms with Crippen molar-refractivity contribution >= 4 is 11.9 Å². The summed E-state index contributed by atoms with van der Waals surface area (Å²) in [6.07, 6.45) is 5.18. The molecular weight excluding hydrogens is 442 g/mol. The molecule has 2 aliphatic rings. The lowest BCUT2D eigenvalue weighted by atomic mass is 9.85. The molecule has 8 nitrogen and oxygen atoms in total. The standard InChI is InChI=1S/C27H31N5O3/c1-35-17-16-30-25(33)27(31(26(30)34)20-22-8-4-2-5-9-22)12-14-29(15-13-27)19-23-18-28-32(21-23)24-10-6-3-7-11-24/h2-11,18,21H,12-17,19-20H2,1H3. The molecule has 0 radical (unpaired) electrons. The second-order valence-electron chi connectivity index (χ2n) is 9.24. The number of hydrogen-bond donors (Lipinski definition) is 0. The van der Waals surface area contributed by atoms with Crippen LogP contribution >= 0.6 is 0 Å². The van der Waals surface area contributed by atoms with Crippen LogP contribution in [0, 0.1) is 0 Å². The molecule has 8 heteroatoms. The molecule has 1 aromatic heterocycles. The van der Waals surface area contributed by atoms with Crippen LogP contribution in [0.4, 0.5) is 4.79 Å². The maximum absolute atomic E-state index is 13.6. The highest BCUT2D eigenvalue weighted by atomic mass is 16.5. The van der Waals surface area contributed by atoms with Crippen molar-refractivity contribution in [1.29, 1.82) is 0 Å². The number of carbonyl (C=O) groups excluding carboxylic acids is 2. The van der Waals surface area contributed by atoms with Gasteiger partial charge in [-0.1, -0.05) is 48.5 Å². The van der Waals surface area contributed by atoms with Crippen LogP contribution in [0.15, 0.2) is 73.1 Å². The number of nitrogens with zero attached hydrogens (tertiary/aromatic N) is 5. The lowest BCUT2D eigenvalue weighted by Crippen LogP contribution is -2.56. The van der Waals surface area contributed by atoms with Crippen molar-refractivity contribution in [2.24, 2.45) is 0 Å². The zero-order valence-corrected chi connectivity index (χ0v) is 20.0. The van der Waals surface area contributed by atoms with E-state index in [4.69, 9.17) is 4.74 Å². The van der Waals surface area contributed by atoms with Crippen molar-refractivity contribution in [3.05, 3.63) is 84.2 Å². The average Bonchev–Trinajstić information content (AvgIpc) is 3.43. The van der Waals surface area contributed by atoms with Crippen LogP contribution in [0.25, 0.3) is 5.69 Å². The first kappa shape index (κ1) is 23.3. The van der Waals surface area contributed by atoms with Crippen LogP contribution in [0.5, 0.6) is 0 Å². The third-order valence-corrected chi connectivity index (χ3v) is 7.07. The molecule has 2 saturated heterocycles. The fraction of sp³-hybridized carbons (Fsp3) is 0.370. The van der Waals surface area contributed by atoms with Gasteiger partial charge in [0.2, 0.25) is 0 Å². The molecule has 3 heterocycles. The van der Waals surface area contributed by atoms with Crippen molar-refractivity contribution in [2.45, 2.75) is 31.5 Å². The molecule has 0 bridgehead atoms. The van der Waals surface area contributed by atoms with Crippen molar-refractivity contribution in [3.63, 3.8) is 0 Å². The van der Waals surface area contributed by atoms with Gasteiger partial charge < -0.3 is 9.64 Å². The Hall–Kier alpha value is -3.49. The number of carbonyl (C=O) groups is 2. The van der Waals surface area contributed by atoms with Crippen molar-refractivity contribution in [1.82, 2.24) is 24.5 Å². The van der Waals surface area contributed by atoms with Crippen LogP contribution in [-0.2, 0) is 22.6 Å². The summed E-state index contributed by atoms with van der Waals surface area (Å²) in [6.45, 7) is 3.28. The van der Waals surface area contributed by atoms with Gasteiger partial charge in [0.15, 0.2) is 0 Å². The molecule has 0 aliphatic carbocycles. The first-order valence-corrected chi connectivity index (χ1v) is 12.1. The number of benzene rings is 2. The van der Waals surface area contributed by atoms with Crippen molar-refractivity contribution in [3.8, 4) is 5.69 Å². The maximum Gasteiger partial charge on any atom is 0.328 e. The fourth-order valence-corrected chi connectivity index (χ4v) is 5.13. The van der Waals surface area contributed by atoms with E-state index in [0.717, 1.165) is 36.4 Å². The van der Waals surface area contributed by atoms with Gasteiger partial charge in [-0.25, -0.2) is 9.48 Å². The van der Waals surface area contributed by atoms with E-state index in [0.29, 0.717) is 26.0 Å². The molecule has 2 aromatic carbocycles. The van der Waals surface area contributed by atoms with Gasteiger partial charge >= 0.3 is 6.03 Å². The molecule has 0 unspecified atom stereocenters. The molecule has 0 N–H and O–H groups in total. The highest BCUT2D eigenvalue weighted by molar-refractivity contribution is 6.07. The summed E-state index contributed by atoms with van der Waals surface area (Å²) in [6, 6.07) is 19.7. The molecule has 2 aliphatic heterocycles. The molecule has 3 amide bonds. The fourth-order valence-electron chi connectivity index (χ4n) is 5.13. The zero-order chi connectivity index (χ0) is 24.3. The monoisotopic (exact) mass is 473 g/mol. The Morgan fingerprint density at radius 3 is 2.29 bits per heavy atom. The van der Waals surface area contributed by atoms with Crippen LogP contribution in [-0.4, -0.2) is 75.3 Å². The van der Waals surface area contributed by atoms with Gasteiger partial charge in [0.05, 0.1) is 25.0 Å². The van der Waals surface area contributed by atoms with E-state index in [1.807, 2.05) is 71.5 Å². The van der Waals surface area contributed by atoms with E-state index in [2.05, 4.69) is 16.2 Å². The van der Waals surface area contributed by atoms with Crippen molar-refractivity contribution < 1.29 is 14.3 Å². The number of likely N-dealkylation sites (tertiary alicyclic amines) is 1. The second kappa shape index (κ2) is 10.0. The molecular formula is C27H31N5O3. The molecule has 0 saturated carbocycles. The summed E-state index contributed by atoms with van der Waals surface area (Å²) < 4.78 is 7.05. The maximum atomic E-state index is 13.6. The first-order chi connectivity index (χ1) is 17.1. The Balaban J connectivity index is 1.30. The number of imide groups is 1. The molecule has 3 aromatic rings. The van der Waals surface area contributed by atoms with Gasteiger partial charge in [-0.2, -0.15) is 5.10 Å². The van der Waals surface area contributed by atoms with Crippen LogP contribution in [0.2, 0.25) is 0 Å². The Bertz CT molecular complexity index is 1160. The van der Waals surface area contributed by atoms with Gasteiger partial charge in [-0.05, 0) is 30.5 Å². The molecule has 5 rings (SSSR count). The Kier molecular flexibility index (Phi) is 6.66. The van der Waals surface area contributed by atoms with E-state index >= 15 is 0 Å². The molecule has 0 atom stereocenters. The number of methoxy groups -OCH3 is 1. The number of piperidine rings is 1. The highest BCUT2D eigenvalue weighted by Crippen LogP contribution is 2.38. The van der Waals surface area contributed by atoms with E-state index < -0.39 is 5.54 Å². The number of para-hydroxylation sites is 1. The number of urea groups is 1. The Labute approximate surface area is 205 Å². The van der Waals surface area contributed by atoms with Gasteiger partial charge in [0, 0.05) is 45.0 Å². The number of amides is 3. The first-order valence-electron chi connectivity index (χ1n) is 12.1. The minimum Gasteiger partial charge on any atom is -0.383 e. The zero-order valence-electron chi connectivity index (χ0n) is 20.0. The molecule has 182 valence electrons. The Morgan fingerprint density at radius 1 is 0.914 bits per heavy atom. The summed E-state index contributed by atoms with van der Waals surface area (Å²) in [4.78, 5) is 32.5. The van der Waals surface area contributed by atoms with Gasteiger partial charge in [0.25, 0.3) is 5.91 Å². The van der Waals surface area contributed by atoms with E-state index in [1.54, 1.807) is 12.0 Å². The van der Waals surface area contributed by atoms with Gasteiger partial charge in [-0.15, -0.1) is 0 Å². The van der Waals surface area contributed by atoms with Crippen LogP contribution in [0.3, 0.4) is 0 Å². The minimum absolute atomic E-state index is 0.0907. The summed E-state index contributed by atoms with van der Waals surface area (Å²) in [5.74, 6) is -0.0907. The average molecular weight is 474 g/mol. The molecule has 35 heavy (non-hydrogen) atoms. The van der Waals surface area contributed by atoms with E-state index in [1.165, 1.54) is 4.90 Å². The number of hydrogen-bond acceptors (Lipinski definition) is 5. The summed E-state index contributed by atoms with van der Waals surface area (Å²) in [5.41, 5.74) is 2.38. The number of aromatic nitrogens is 2. The quantitative estimate of drug-likeness (QED) is 0.470. The topological polar surface area (TPSA) is 70.9 Å². The predicted molar refractivity (Wildman–Crippen MR) is 132 cm³/mol. The van der Waals surface area contributed by atoms with Gasteiger partial charge in [0.1, 0.15) is 5.54 Å². The normalized spacial score (nSPS) is 18.1. The predicted octanol–water partition coefficient (Wildman–Crippen LogP) is 3.32. The van der Waals surface area contributed by atoms with E-state index in [-0.39, 0.29) is 18.5 Å². The third-order valence-electron chi connectivity index (χ3n) is 7.07. The van der Waals surface area contributed by atoms with Crippen molar-refractivity contribution in [2.75, 3.05) is 33.4 Å². The Morgan fingerprint density at radius 2 is 1.60 bits per heavy atom. The molecule has 2 fully saturated rings. The van der Waals surface area contributed by atoms with Crippen LogP contribution < -0.4 is 0 Å². The van der Waals surface area contributed by atoms with E-state index in [9.17, 15) is 9.59 Å². The second-order valence-corrected chi connectivity index (χ2v) is 9.24. The lowest BCUT2D eigenvalue weighted by molar-refractivity contribution is -0.136. The highest BCUT2D eigenvalue weighted by Gasteiger charge is 2.57.